The summed E-state index contributed by atoms with van der Waals surface area (Å²) < 4.78 is 31.4. The van der Waals surface area contributed by atoms with Gasteiger partial charge in [0.15, 0.2) is 11.6 Å². The zero-order chi connectivity index (χ0) is 14.7. The van der Waals surface area contributed by atoms with Crippen molar-refractivity contribution in [2.45, 2.75) is 31.0 Å². The van der Waals surface area contributed by atoms with Crippen LogP contribution in [0.25, 0.3) is 0 Å². The Kier molecular flexibility index (Phi) is 4.99. The zero-order valence-corrected chi connectivity index (χ0v) is 12.3. The Morgan fingerprint density at radius 2 is 1.95 bits per heavy atom. The van der Waals surface area contributed by atoms with Crippen LogP contribution in [0.1, 0.15) is 13.8 Å². The summed E-state index contributed by atoms with van der Waals surface area (Å²) >= 11 is 1.21. The van der Waals surface area contributed by atoms with E-state index in [2.05, 4.69) is 0 Å². The molecule has 1 aromatic rings. The van der Waals surface area contributed by atoms with Gasteiger partial charge in [-0.2, -0.15) is 0 Å². The maximum absolute atomic E-state index is 13.1. The van der Waals surface area contributed by atoms with Crippen molar-refractivity contribution in [1.29, 1.82) is 0 Å². The van der Waals surface area contributed by atoms with Crippen LogP contribution in [0.3, 0.4) is 0 Å². The van der Waals surface area contributed by atoms with E-state index in [0.717, 1.165) is 12.1 Å². The summed E-state index contributed by atoms with van der Waals surface area (Å²) in [5.74, 6) is -1.57. The predicted octanol–water partition coefficient (Wildman–Crippen LogP) is 2.69. The molecule has 2 atom stereocenters. The molecule has 1 heterocycles. The van der Waals surface area contributed by atoms with Crippen LogP contribution in [0.15, 0.2) is 23.1 Å². The summed E-state index contributed by atoms with van der Waals surface area (Å²) in [5, 5.41) is 0. The van der Waals surface area contributed by atoms with Crippen molar-refractivity contribution >= 4 is 17.7 Å². The minimum atomic E-state index is -0.893. The Bertz CT molecular complexity index is 488. The molecule has 2 unspecified atom stereocenters. The SMILES string of the molecule is CC1CN(C(=O)CSc2ccc(F)c(F)c2)CC(C)O1. The molecule has 1 fully saturated rings. The molecule has 6 heteroatoms. The fraction of sp³-hybridized carbons (Fsp3) is 0.500. The van der Waals surface area contributed by atoms with E-state index in [1.54, 1.807) is 4.90 Å². The second-order valence-corrected chi connectivity index (χ2v) is 5.97. The number of thioether (sulfide) groups is 1. The molecule has 20 heavy (non-hydrogen) atoms. The number of halogens is 2. The van der Waals surface area contributed by atoms with E-state index in [1.807, 2.05) is 13.8 Å². The quantitative estimate of drug-likeness (QED) is 0.804. The number of rotatable bonds is 3. The number of carbonyl (C=O) groups is 1. The number of ether oxygens (including phenoxy) is 1. The van der Waals surface area contributed by atoms with Crippen LogP contribution in [0.5, 0.6) is 0 Å². The molecule has 0 radical (unpaired) electrons. The number of carbonyl (C=O) groups excluding carboxylic acids is 1. The molecule has 0 aliphatic carbocycles. The van der Waals surface area contributed by atoms with Gasteiger partial charge >= 0.3 is 0 Å². The lowest BCUT2D eigenvalue weighted by molar-refractivity contribution is -0.140. The van der Waals surface area contributed by atoms with Crippen LogP contribution in [-0.4, -0.2) is 41.9 Å². The van der Waals surface area contributed by atoms with Gasteiger partial charge < -0.3 is 9.64 Å². The number of benzene rings is 1. The third-order valence-corrected chi connectivity index (χ3v) is 4.00. The van der Waals surface area contributed by atoms with E-state index < -0.39 is 11.6 Å². The minimum absolute atomic E-state index is 0.0123. The standard InChI is InChI=1S/C14H17F2NO2S/c1-9-6-17(7-10(2)19-9)14(18)8-20-11-3-4-12(15)13(16)5-11/h3-5,9-10H,6-8H2,1-2H3. The van der Waals surface area contributed by atoms with Crippen LogP contribution >= 0.6 is 11.8 Å². The highest BCUT2D eigenvalue weighted by Crippen LogP contribution is 2.21. The first-order valence-electron chi connectivity index (χ1n) is 6.47. The Labute approximate surface area is 121 Å². The van der Waals surface area contributed by atoms with Gasteiger partial charge in [0.2, 0.25) is 5.91 Å². The molecule has 1 amide bonds. The maximum Gasteiger partial charge on any atom is 0.233 e. The summed E-state index contributed by atoms with van der Waals surface area (Å²) in [4.78, 5) is 14.4. The number of morpholine rings is 1. The number of nitrogens with zero attached hydrogens (tertiary/aromatic N) is 1. The molecule has 110 valence electrons. The zero-order valence-electron chi connectivity index (χ0n) is 11.4. The van der Waals surface area contributed by atoms with Crippen LogP contribution in [0.2, 0.25) is 0 Å². The molecule has 1 aliphatic rings. The first-order valence-corrected chi connectivity index (χ1v) is 7.45. The van der Waals surface area contributed by atoms with Gasteiger partial charge in [0.25, 0.3) is 0 Å². The van der Waals surface area contributed by atoms with Crippen molar-refractivity contribution in [1.82, 2.24) is 4.90 Å². The third kappa shape index (κ3) is 3.93. The topological polar surface area (TPSA) is 29.5 Å². The monoisotopic (exact) mass is 301 g/mol. The van der Waals surface area contributed by atoms with Gasteiger partial charge in [0.1, 0.15) is 0 Å². The Balaban J connectivity index is 1.89. The molecule has 0 aromatic heterocycles. The smallest absolute Gasteiger partial charge is 0.233 e. The molecular formula is C14H17F2NO2S. The lowest BCUT2D eigenvalue weighted by Gasteiger charge is -2.35. The van der Waals surface area contributed by atoms with E-state index in [-0.39, 0.29) is 23.9 Å². The van der Waals surface area contributed by atoms with Gasteiger partial charge in [0, 0.05) is 18.0 Å². The Hall–Kier alpha value is -1.14. The van der Waals surface area contributed by atoms with Gasteiger partial charge in [-0.25, -0.2) is 8.78 Å². The fourth-order valence-corrected chi connectivity index (χ4v) is 3.01. The first kappa shape index (κ1) is 15.3. The van der Waals surface area contributed by atoms with E-state index in [9.17, 15) is 13.6 Å². The van der Waals surface area contributed by atoms with Crippen LogP contribution in [0, 0.1) is 11.6 Å². The molecule has 0 bridgehead atoms. The number of hydrogen-bond donors (Lipinski definition) is 0. The molecule has 3 nitrogen and oxygen atoms in total. The summed E-state index contributed by atoms with van der Waals surface area (Å²) in [6.07, 6.45) is 0.0481. The van der Waals surface area contributed by atoms with E-state index in [0.29, 0.717) is 18.0 Å². The molecule has 0 spiro atoms. The molecular weight excluding hydrogens is 284 g/mol. The average molecular weight is 301 g/mol. The van der Waals surface area contributed by atoms with Crippen LogP contribution < -0.4 is 0 Å². The highest BCUT2D eigenvalue weighted by atomic mass is 32.2. The molecule has 1 saturated heterocycles. The Morgan fingerprint density at radius 1 is 1.30 bits per heavy atom. The van der Waals surface area contributed by atoms with Gasteiger partial charge in [0.05, 0.1) is 18.0 Å². The maximum atomic E-state index is 13.1. The molecule has 0 saturated carbocycles. The van der Waals surface area contributed by atoms with E-state index in [1.165, 1.54) is 17.8 Å². The number of amides is 1. The number of hydrogen-bond acceptors (Lipinski definition) is 3. The summed E-state index contributed by atoms with van der Waals surface area (Å²) in [6, 6.07) is 3.65. The van der Waals surface area contributed by atoms with Crippen molar-refractivity contribution in [2.24, 2.45) is 0 Å². The second kappa shape index (κ2) is 6.54. The van der Waals surface area contributed by atoms with Gasteiger partial charge in [-0.1, -0.05) is 0 Å². The summed E-state index contributed by atoms with van der Waals surface area (Å²) in [6.45, 7) is 5.00. The van der Waals surface area contributed by atoms with Gasteiger partial charge in [-0.3, -0.25) is 4.79 Å². The lowest BCUT2D eigenvalue weighted by Crippen LogP contribution is -2.48. The normalized spacial score (nSPS) is 22.9. The van der Waals surface area contributed by atoms with Crippen molar-refractivity contribution in [3.8, 4) is 0 Å². The molecule has 0 N–H and O–H groups in total. The van der Waals surface area contributed by atoms with Crippen molar-refractivity contribution < 1.29 is 18.3 Å². The van der Waals surface area contributed by atoms with Gasteiger partial charge in [-0.15, -0.1) is 11.8 Å². The third-order valence-electron chi connectivity index (χ3n) is 3.03. The van der Waals surface area contributed by atoms with Crippen LogP contribution in [0.4, 0.5) is 8.78 Å². The molecule has 1 aliphatic heterocycles. The highest BCUT2D eigenvalue weighted by molar-refractivity contribution is 8.00. The summed E-state index contributed by atoms with van der Waals surface area (Å²) in [5.41, 5.74) is 0. The van der Waals surface area contributed by atoms with Gasteiger partial charge in [-0.05, 0) is 32.0 Å². The second-order valence-electron chi connectivity index (χ2n) is 4.92. The van der Waals surface area contributed by atoms with E-state index in [4.69, 9.17) is 4.74 Å². The molecule has 2 rings (SSSR count). The van der Waals surface area contributed by atoms with Crippen LogP contribution in [-0.2, 0) is 9.53 Å². The minimum Gasteiger partial charge on any atom is -0.372 e. The van der Waals surface area contributed by atoms with Crippen molar-refractivity contribution in [3.05, 3.63) is 29.8 Å². The Morgan fingerprint density at radius 3 is 2.55 bits per heavy atom. The fourth-order valence-electron chi connectivity index (χ4n) is 2.18. The highest BCUT2D eigenvalue weighted by Gasteiger charge is 2.25. The summed E-state index contributed by atoms with van der Waals surface area (Å²) in [7, 11) is 0. The largest absolute Gasteiger partial charge is 0.372 e. The van der Waals surface area contributed by atoms with Crippen molar-refractivity contribution in [3.63, 3.8) is 0 Å². The first-order chi connectivity index (χ1) is 9.45. The average Bonchev–Trinajstić information content (AvgIpc) is 2.38. The molecule has 1 aromatic carbocycles. The van der Waals surface area contributed by atoms with E-state index >= 15 is 0 Å². The lowest BCUT2D eigenvalue weighted by atomic mass is 10.2. The predicted molar refractivity (Wildman–Crippen MR) is 73.7 cm³/mol. The van der Waals surface area contributed by atoms with Crippen molar-refractivity contribution in [2.75, 3.05) is 18.8 Å².